The number of carbonyl (C=O) groups excluding carboxylic acids is 1. The molecule has 0 spiro atoms. The van der Waals surface area contributed by atoms with Crippen molar-refractivity contribution < 1.29 is 4.79 Å². The van der Waals surface area contributed by atoms with Crippen molar-refractivity contribution in [2.45, 2.75) is 20.4 Å². The first-order valence-electron chi connectivity index (χ1n) is 6.71. The van der Waals surface area contributed by atoms with E-state index in [-0.39, 0.29) is 12.5 Å². The maximum atomic E-state index is 12.4. The first kappa shape index (κ1) is 15.3. The predicted molar refractivity (Wildman–Crippen MR) is 87.3 cm³/mol. The zero-order chi connectivity index (χ0) is 15.2. The fraction of sp³-hybridized carbons (Fsp3) is 0.235. The van der Waals surface area contributed by atoms with Crippen LogP contribution in [0.4, 0.5) is 0 Å². The van der Waals surface area contributed by atoms with E-state index < -0.39 is 0 Å². The Morgan fingerprint density at radius 2 is 2.14 bits per heavy atom. The number of hydrogen-bond acceptors (Lipinski definition) is 3. The van der Waals surface area contributed by atoms with E-state index in [1.807, 2.05) is 32.0 Å². The van der Waals surface area contributed by atoms with Crippen molar-refractivity contribution in [2.75, 3.05) is 6.54 Å². The second-order valence-corrected chi connectivity index (χ2v) is 5.56. The van der Waals surface area contributed by atoms with Gasteiger partial charge in [0.05, 0.1) is 12.1 Å². The highest BCUT2D eigenvalue weighted by Crippen LogP contribution is 2.14. The van der Waals surface area contributed by atoms with Crippen LogP contribution in [-0.4, -0.2) is 12.5 Å². The maximum Gasteiger partial charge on any atom is 0.252 e. The molecule has 0 atom stereocenters. The minimum atomic E-state index is -0.106. The number of benzene rings is 1. The van der Waals surface area contributed by atoms with E-state index in [9.17, 15) is 4.79 Å². The summed E-state index contributed by atoms with van der Waals surface area (Å²) in [5, 5.41) is 7.09. The maximum absolute atomic E-state index is 12.4. The number of hydrogen-bond donors (Lipinski definition) is 2. The van der Waals surface area contributed by atoms with Crippen LogP contribution in [0.15, 0.2) is 29.0 Å². The summed E-state index contributed by atoms with van der Waals surface area (Å²) in [6, 6.07) is 5.67. The zero-order valence-electron chi connectivity index (χ0n) is 12.2. The summed E-state index contributed by atoms with van der Waals surface area (Å²) in [4.78, 5) is 12.4. The monoisotopic (exact) mass is 298 g/mol. The first-order chi connectivity index (χ1) is 10.1. The molecule has 0 saturated carbocycles. The molecule has 108 valence electrons. The summed E-state index contributed by atoms with van der Waals surface area (Å²) in [5.74, 6) is 5.64. The van der Waals surface area contributed by atoms with Gasteiger partial charge in [0, 0.05) is 12.1 Å². The Morgan fingerprint density at radius 3 is 2.81 bits per heavy atom. The molecular weight excluding hydrogens is 280 g/mol. The van der Waals surface area contributed by atoms with Gasteiger partial charge in [-0.15, -0.1) is 0 Å². The second kappa shape index (κ2) is 7.07. The van der Waals surface area contributed by atoms with Crippen LogP contribution in [0, 0.1) is 25.7 Å². The zero-order valence-corrected chi connectivity index (χ0v) is 13.0. The number of carbonyl (C=O) groups is 1. The van der Waals surface area contributed by atoms with Crippen molar-refractivity contribution in [1.82, 2.24) is 5.32 Å². The SMILES string of the molecule is Cc1ccc(C#CCN)c(C(=O)NCc2cscc2C)c1. The lowest BCUT2D eigenvalue weighted by atomic mass is 10.0. The molecule has 4 heteroatoms. The highest BCUT2D eigenvalue weighted by atomic mass is 32.1. The van der Waals surface area contributed by atoms with Crippen molar-refractivity contribution in [3.63, 3.8) is 0 Å². The van der Waals surface area contributed by atoms with E-state index >= 15 is 0 Å². The summed E-state index contributed by atoms with van der Waals surface area (Å²) in [6.45, 7) is 4.82. The fourth-order valence-corrected chi connectivity index (χ4v) is 2.80. The van der Waals surface area contributed by atoms with Crippen LogP contribution in [-0.2, 0) is 6.54 Å². The Balaban J connectivity index is 2.18. The molecule has 1 aromatic heterocycles. The summed E-state index contributed by atoms with van der Waals surface area (Å²) in [5.41, 5.74) is 10.1. The minimum Gasteiger partial charge on any atom is -0.348 e. The summed E-state index contributed by atoms with van der Waals surface area (Å²) in [7, 11) is 0. The molecule has 0 bridgehead atoms. The molecule has 1 amide bonds. The third-order valence-electron chi connectivity index (χ3n) is 3.15. The van der Waals surface area contributed by atoms with Crippen molar-refractivity contribution in [3.05, 3.63) is 56.8 Å². The van der Waals surface area contributed by atoms with Crippen molar-refractivity contribution in [2.24, 2.45) is 5.73 Å². The van der Waals surface area contributed by atoms with Gasteiger partial charge in [-0.25, -0.2) is 0 Å². The van der Waals surface area contributed by atoms with Gasteiger partial charge in [-0.1, -0.05) is 23.5 Å². The van der Waals surface area contributed by atoms with Gasteiger partial charge < -0.3 is 11.1 Å². The number of nitrogens with two attached hydrogens (primary N) is 1. The number of amides is 1. The predicted octanol–water partition coefficient (Wildman–Crippen LogP) is 2.61. The van der Waals surface area contributed by atoms with Gasteiger partial charge in [-0.3, -0.25) is 4.79 Å². The molecule has 0 saturated heterocycles. The lowest BCUT2D eigenvalue weighted by Gasteiger charge is -2.08. The van der Waals surface area contributed by atoms with E-state index in [0.717, 1.165) is 11.1 Å². The van der Waals surface area contributed by atoms with Gasteiger partial charge in [0.15, 0.2) is 0 Å². The minimum absolute atomic E-state index is 0.106. The second-order valence-electron chi connectivity index (χ2n) is 4.82. The Kier molecular flexibility index (Phi) is 5.15. The van der Waals surface area contributed by atoms with E-state index in [1.54, 1.807) is 11.3 Å². The van der Waals surface area contributed by atoms with E-state index in [4.69, 9.17) is 5.73 Å². The average Bonchev–Trinajstić information content (AvgIpc) is 2.88. The highest BCUT2D eigenvalue weighted by molar-refractivity contribution is 7.08. The van der Waals surface area contributed by atoms with Crippen molar-refractivity contribution in [1.29, 1.82) is 0 Å². The van der Waals surface area contributed by atoms with Crippen LogP contribution in [0.3, 0.4) is 0 Å². The van der Waals surface area contributed by atoms with Crippen LogP contribution in [0.1, 0.15) is 32.6 Å². The Bertz CT molecular complexity index is 707. The molecule has 3 N–H and O–H groups in total. The molecule has 0 aliphatic rings. The Labute approximate surface area is 129 Å². The lowest BCUT2D eigenvalue weighted by molar-refractivity contribution is 0.0950. The van der Waals surface area contributed by atoms with Gasteiger partial charge in [0.25, 0.3) is 5.91 Å². The quantitative estimate of drug-likeness (QED) is 0.856. The number of rotatable bonds is 3. The van der Waals surface area contributed by atoms with E-state index in [1.165, 1.54) is 5.56 Å². The number of nitrogens with one attached hydrogen (secondary N) is 1. The fourth-order valence-electron chi connectivity index (χ4n) is 1.94. The molecule has 21 heavy (non-hydrogen) atoms. The third-order valence-corrected chi connectivity index (χ3v) is 4.06. The van der Waals surface area contributed by atoms with Gasteiger partial charge in [-0.2, -0.15) is 11.3 Å². The van der Waals surface area contributed by atoms with Crippen molar-refractivity contribution >= 4 is 17.2 Å². The summed E-state index contributed by atoms with van der Waals surface area (Å²) >= 11 is 1.64. The summed E-state index contributed by atoms with van der Waals surface area (Å²) in [6.07, 6.45) is 0. The Hall–Kier alpha value is -2.09. The first-order valence-corrected chi connectivity index (χ1v) is 7.65. The van der Waals surface area contributed by atoms with Crippen molar-refractivity contribution in [3.8, 4) is 11.8 Å². The number of aryl methyl sites for hydroxylation is 2. The molecule has 0 aliphatic heterocycles. The van der Waals surface area contributed by atoms with E-state index in [2.05, 4.69) is 27.9 Å². The highest BCUT2D eigenvalue weighted by Gasteiger charge is 2.11. The van der Waals surface area contributed by atoms with E-state index in [0.29, 0.717) is 17.7 Å². The van der Waals surface area contributed by atoms with Crippen LogP contribution in [0.5, 0.6) is 0 Å². The molecular formula is C17H18N2OS. The van der Waals surface area contributed by atoms with Crippen LogP contribution >= 0.6 is 11.3 Å². The Morgan fingerprint density at radius 1 is 1.33 bits per heavy atom. The van der Waals surface area contributed by atoms with Gasteiger partial charge in [0.1, 0.15) is 0 Å². The van der Waals surface area contributed by atoms with Gasteiger partial charge >= 0.3 is 0 Å². The van der Waals surface area contributed by atoms with Gasteiger partial charge in [-0.05, 0) is 47.9 Å². The smallest absolute Gasteiger partial charge is 0.252 e. The van der Waals surface area contributed by atoms with Crippen LogP contribution in [0.2, 0.25) is 0 Å². The normalized spacial score (nSPS) is 9.86. The molecule has 0 unspecified atom stereocenters. The standard InChI is InChI=1S/C17H18N2OS/c1-12-5-6-14(4-3-7-18)16(8-12)17(20)19-9-15-11-21-10-13(15)2/h5-6,8,10-11H,7,9,18H2,1-2H3,(H,19,20). The lowest BCUT2D eigenvalue weighted by Crippen LogP contribution is -2.24. The molecule has 0 aliphatic carbocycles. The summed E-state index contributed by atoms with van der Waals surface area (Å²) < 4.78 is 0. The number of thiophene rings is 1. The molecule has 3 nitrogen and oxygen atoms in total. The average molecular weight is 298 g/mol. The molecule has 0 radical (unpaired) electrons. The molecule has 2 rings (SSSR count). The van der Waals surface area contributed by atoms with Crippen LogP contribution < -0.4 is 11.1 Å². The third kappa shape index (κ3) is 3.94. The van der Waals surface area contributed by atoms with Crippen LogP contribution in [0.25, 0.3) is 0 Å². The van der Waals surface area contributed by atoms with Gasteiger partial charge in [0.2, 0.25) is 0 Å². The topological polar surface area (TPSA) is 55.1 Å². The molecule has 1 heterocycles. The molecule has 0 fully saturated rings. The molecule has 1 aromatic carbocycles. The molecule has 2 aromatic rings. The largest absolute Gasteiger partial charge is 0.348 e.